The molecule has 5 heteroatoms. The van der Waals surface area contributed by atoms with Gasteiger partial charge in [-0.05, 0) is 63.4 Å². The summed E-state index contributed by atoms with van der Waals surface area (Å²) >= 11 is 7.15. The molecule has 20 heavy (non-hydrogen) atoms. The lowest BCUT2D eigenvalue weighted by atomic mass is 10.2. The number of ether oxygens (including phenoxy) is 1. The highest BCUT2D eigenvalue weighted by Gasteiger charge is 2.07. The van der Waals surface area contributed by atoms with Crippen LogP contribution in [-0.2, 0) is 6.54 Å². The van der Waals surface area contributed by atoms with Crippen molar-refractivity contribution in [2.75, 3.05) is 12.4 Å². The highest BCUT2D eigenvalue weighted by Crippen LogP contribution is 2.32. The van der Waals surface area contributed by atoms with Crippen molar-refractivity contribution in [3.63, 3.8) is 0 Å². The van der Waals surface area contributed by atoms with Gasteiger partial charge in [0.1, 0.15) is 5.75 Å². The monoisotopic (exact) mass is 398 g/mol. The van der Waals surface area contributed by atoms with Crippen molar-refractivity contribution < 1.29 is 4.74 Å². The van der Waals surface area contributed by atoms with E-state index in [-0.39, 0.29) is 0 Å². The highest BCUT2D eigenvalue weighted by atomic mass is 79.9. The van der Waals surface area contributed by atoms with Crippen molar-refractivity contribution in [2.45, 2.75) is 20.4 Å². The fourth-order valence-corrected chi connectivity index (χ4v) is 3.65. The molecule has 0 saturated heterocycles. The van der Waals surface area contributed by atoms with E-state index >= 15 is 0 Å². The highest BCUT2D eigenvalue weighted by molar-refractivity contribution is 9.11. The fourth-order valence-electron chi connectivity index (χ4n) is 1.96. The fraction of sp³-hybridized carbons (Fsp3) is 0.267. The minimum atomic E-state index is 0.637. The van der Waals surface area contributed by atoms with Gasteiger partial charge >= 0.3 is 0 Å². The molecule has 2 aromatic rings. The van der Waals surface area contributed by atoms with E-state index in [1.54, 1.807) is 7.11 Å². The Kier molecular flexibility index (Phi) is 5.05. The second kappa shape index (κ2) is 6.59. The van der Waals surface area contributed by atoms with Crippen molar-refractivity contribution in [1.82, 2.24) is 4.98 Å². The Morgan fingerprint density at radius 1 is 1.10 bits per heavy atom. The maximum atomic E-state index is 5.26. The van der Waals surface area contributed by atoms with Gasteiger partial charge in [-0.25, -0.2) is 0 Å². The summed E-state index contributed by atoms with van der Waals surface area (Å²) in [6.45, 7) is 4.66. The van der Waals surface area contributed by atoms with Crippen LogP contribution in [0.25, 0.3) is 0 Å². The average Bonchev–Trinajstić information content (AvgIpc) is 2.36. The molecule has 0 aliphatic rings. The summed E-state index contributed by atoms with van der Waals surface area (Å²) in [5, 5.41) is 3.39. The van der Waals surface area contributed by atoms with E-state index in [1.165, 1.54) is 5.56 Å². The smallest absolute Gasteiger partial charge is 0.122 e. The summed E-state index contributed by atoms with van der Waals surface area (Å²) in [5.74, 6) is 0.830. The zero-order chi connectivity index (χ0) is 14.7. The standard InChI is InChI=1S/C15H16Br2N2O/c1-9-4-13(16)15(14(17)5-9)18-8-11-7-12(20-3)6-10(2)19-11/h4-7,18H,8H2,1-3H3. The molecule has 1 heterocycles. The van der Waals surface area contributed by atoms with Crippen molar-refractivity contribution in [2.24, 2.45) is 0 Å². The van der Waals surface area contributed by atoms with E-state index in [0.29, 0.717) is 6.54 Å². The number of halogens is 2. The first-order chi connectivity index (χ1) is 9.49. The number of hydrogen-bond donors (Lipinski definition) is 1. The Morgan fingerprint density at radius 3 is 2.35 bits per heavy atom. The molecule has 0 radical (unpaired) electrons. The van der Waals surface area contributed by atoms with Gasteiger partial charge in [0.25, 0.3) is 0 Å². The third kappa shape index (κ3) is 3.73. The first-order valence-corrected chi connectivity index (χ1v) is 7.79. The molecule has 0 bridgehead atoms. The van der Waals surface area contributed by atoms with Crippen molar-refractivity contribution in [3.05, 3.63) is 50.2 Å². The zero-order valence-electron chi connectivity index (χ0n) is 11.6. The number of anilines is 1. The average molecular weight is 400 g/mol. The van der Waals surface area contributed by atoms with E-state index in [9.17, 15) is 0 Å². The maximum absolute atomic E-state index is 5.26. The lowest BCUT2D eigenvalue weighted by molar-refractivity contribution is 0.413. The maximum Gasteiger partial charge on any atom is 0.122 e. The van der Waals surface area contributed by atoms with Crippen molar-refractivity contribution >= 4 is 37.5 Å². The summed E-state index contributed by atoms with van der Waals surface area (Å²) in [7, 11) is 1.67. The third-order valence-electron chi connectivity index (χ3n) is 2.85. The Balaban J connectivity index is 2.19. The molecule has 3 nitrogen and oxygen atoms in total. The van der Waals surface area contributed by atoms with Gasteiger partial charge in [-0.3, -0.25) is 4.98 Å². The molecule has 0 aliphatic carbocycles. The topological polar surface area (TPSA) is 34.1 Å². The SMILES string of the molecule is COc1cc(C)nc(CNc2c(Br)cc(C)cc2Br)c1. The van der Waals surface area contributed by atoms with Gasteiger partial charge in [-0.2, -0.15) is 0 Å². The van der Waals surface area contributed by atoms with Crippen LogP contribution in [0.4, 0.5) is 5.69 Å². The number of nitrogens with one attached hydrogen (secondary N) is 1. The number of rotatable bonds is 4. The van der Waals surface area contributed by atoms with Gasteiger partial charge in [0.2, 0.25) is 0 Å². The van der Waals surface area contributed by atoms with Gasteiger partial charge in [-0.15, -0.1) is 0 Å². The van der Waals surface area contributed by atoms with E-state index in [0.717, 1.165) is 31.8 Å². The molecular formula is C15H16Br2N2O. The number of aryl methyl sites for hydroxylation is 2. The molecular weight excluding hydrogens is 384 g/mol. The van der Waals surface area contributed by atoms with Crippen molar-refractivity contribution in [3.8, 4) is 5.75 Å². The molecule has 1 N–H and O–H groups in total. The Labute approximate surface area is 136 Å². The van der Waals surface area contributed by atoms with Crippen LogP contribution in [-0.4, -0.2) is 12.1 Å². The quantitative estimate of drug-likeness (QED) is 0.798. The lowest BCUT2D eigenvalue weighted by Crippen LogP contribution is -2.04. The van der Waals surface area contributed by atoms with Gasteiger partial charge in [0.15, 0.2) is 0 Å². The number of pyridine rings is 1. The van der Waals surface area contributed by atoms with E-state index in [2.05, 4.69) is 61.2 Å². The van der Waals surface area contributed by atoms with Crippen LogP contribution in [0.1, 0.15) is 17.0 Å². The van der Waals surface area contributed by atoms with E-state index in [4.69, 9.17) is 4.74 Å². The van der Waals surface area contributed by atoms with Crippen LogP contribution in [0, 0.1) is 13.8 Å². The normalized spacial score (nSPS) is 10.4. The minimum absolute atomic E-state index is 0.637. The minimum Gasteiger partial charge on any atom is -0.497 e. The van der Waals surface area contributed by atoms with Crippen LogP contribution in [0.2, 0.25) is 0 Å². The molecule has 0 atom stereocenters. The number of hydrogen-bond acceptors (Lipinski definition) is 3. The van der Waals surface area contributed by atoms with Gasteiger partial charge in [-0.1, -0.05) is 0 Å². The van der Waals surface area contributed by atoms with E-state index in [1.807, 2.05) is 19.1 Å². The molecule has 0 saturated carbocycles. The largest absolute Gasteiger partial charge is 0.497 e. The van der Waals surface area contributed by atoms with Crippen LogP contribution in [0.3, 0.4) is 0 Å². The van der Waals surface area contributed by atoms with Crippen LogP contribution < -0.4 is 10.1 Å². The predicted molar refractivity (Wildman–Crippen MR) is 89.4 cm³/mol. The molecule has 0 amide bonds. The lowest BCUT2D eigenvalue weighted by Gasteiger charge is -2.12. The van der Waals surface area contributed by atoms with Crippen LogP contribution >= 0.6 is 31.9 Å². The molecule has 0 spiro atoms. The Morgan fingerprint density at radius 2 is 1.75 bits per heavy atom. The molecule has 0 unspecified atom stereocenters. The van der Waals surface area contributed by atoms with Crippen LogP contribution in [0.15, 0.2) is 33.2 Å². The Bertz CT molecular complexity index is 606. The molecule has 1 aromatic heterocycles. The summed E-state index contributed by atoms with van der Waals surface area (Å²) < 4.78 is 7.33. The molecule has 0 aliphatic heterocycles. The summed E-state index contributed by atoms with van der Waals surface area (Å²) in [6.07, 6.45) is 0. The zero-order valence-corrected chi connectivity index (χ0v) is 14.8. The first-order valence-electron chi connectivity index (χ1n) is 6.20. The number of aromatic nitrogens is 1. The number of nitrogens with zero attached hydrogens (tertiary/aromatic N) is 1. The van der Waals surface area contributed by atoms with Gasteiger partial charge < -0.3 is 10.1 Å². The molecule has 0 fully saturated rings. The number of methoxy groups -OCH3 is 1. The van der Waals surface area contributed by atoms with Crippen molar-refractivity contribution in [1.29, 1.82) is 0 Å². The first kappa shape index (κ1) is 15.3. The second-order valence-electron chi connectivity index (χ2n) is 4.60. The number of benzene rings is 1. The van der Waals surface area contributed by atoms with Crippen LogP contribution in [0.5, 0.6) is 5.75 Å². The summed E-state index contributed by atoms with van der Waals surface area (Å²) in [5.41, 5.74) is 4.12. The van der Waals surface area contributed by atoms with Gasteiger partial charge in [0, 0.05) is 26.8 Å². The molecule has 1 aromatic carbocycles. The third-order valence-corrected chi connectivity index (χ3v) is 4.10. The molecule has 106 valence electrons. The van der Waals surface area contributed by atoms with Gasteiger partial charge in [0.05, 0.1) is 25.0 Å². The van der Waals surface area contributed by atoms with E-state index < -0.39 is 0 Å². The summed E-state index contributed by atoms with van der Waals surface area (Å²) in [6, 6.07) is 8.02. The Hall–Kier alpha value is -1.07. The predicted octanol–water partition coefficient (Wildman–Crippen LogP) is 4.84. The second-order valence-corrected chi connectivity index (χ2v) is 6.31. The summed E-state index contributed by atoms with van der Waals surface area (Å²) in [4.78, 5) is 4.50. The molecule has 2 rings (SSSR count).